The van der Waals surface area contributed by atoms with E-state index in [-0.39, 0.29) is 16.8 Å². The molecule has 0 spiro atoms. The maximum Gasteiger partial charge on any atom is 0.338 e. The summed E-state index contributed by atoms with van der Waals surface area (Å²) in [7, 11) is 0. The summed E-state index contributed by atoms with van der Waals surface area (Å²) >= 11 is 0. The Kier molecular flexibility index (Phi) is 3.09. The SMILES string of the molecule is CCOC(=O)c1ccc(C)c(C23CC(c4cn5cccnc5n4)(C2)C3)c1. The smallest absolute Gasteiger partial charge is 0.338 e. The first-order valence-electron chi connectivity index (χ1n) is 9.14. The van der Waals surface area contributed by atoms with Crippen molar-refractivity contribution in [2.45, 2.75) is 43.9 Å². The third-order valence-electron chi connectivity index (χ3n) is 6.13. The van der Waals surface area contributed by atoms with Gasteiger partial charge in [-0.3, -0.25) is 4.40 Å². The molecule has 0 N–H and O–H groups in total. The molecule has 2 bridgehead atoms. The van der Waals surface area contributed by atoms with Gasteiger partial charge in [0.2, 0.25) is 5.78 Å². The molecule has 0 unspecified atom stereocenters. The van der Waals surface area contributed by atoms with E-state index in [0.717, 1.165) is 30.7 Å². The number of hydrogen-bond donors (Lipinski definition) is 0. The van der Waals surface area contributed by atoms with E-state index in [4.69, 9.17) is 9.72 Å². The molecule has 6 rings (SSSR count). The lowest BCUT2D eigenvalue weighted by atomic mass is 9.32. The first-order chi connectivity index (χ1) is 12.6. The highest BCUT2D eigenvalue weighted by Crippen LogP contribution is 2.74. The number of benzene rings is 1. The number of fused-ring (bicyclic) bond motifs is 1. The summed E-state index contributed by atoms with van der Waals surface area (Å²) in [5, 5.41) is 0. The number of nitrogens with zero attached hydrogens (tertiary/aromatic N) is 3. The molecular weight excluding hydrogens is 326 g/mol. The zero-order valence-corrected chi connectivity index (χ0v) is 15.0. The number of esters is 1. The topological polar surface area (TPSA) is 56.5 Å². The van der Waals surface area contributed by atoms with Gasteiger partial charge in [0, 0.05) is 24.0 Å². The van der Waals surface area contributed by atoms with Crippen molar-refractivity contribution >= 4 is 11.7 Å². The molecule has 0 amide bonds. The quantitative estimate of drug-likeness (QED) is 0.677. The summed E-state index contributed by atoms with van der Waals surface area (Å²) in [5.41, 5.74) is 4.73. The molecule has 2 heterocycles. The molecule has 0 atom stereocenters. The fraction of sp³-hybridized carbons (Fsp3) is 0.381. The zero-order valence-electron chi connectivity index (χ0n) is 15.0. The number of aromatic nitrogens is 3. The van der Waals surface area contributed by atoms with Crippen molar-refractivity contribution in [2.75, 3.05) is 6.61 Å². The molecule has 0 radical (unpaired) electrons. The van der Waals surface area contributed by atoms with Crippen molar-refractivity contribution in [2.24, 2.45) is 0 Å². The molecule has 5 nitrogen and oxygen atoms in total. The van der Waals surface area contributed by atoms with Gasteiger partial charge in [0.1, 0.15) is 0 Å². The van der Waals surface area contributed by atoms with Crippen LogP contribution in [0.1, 0.15) is 53.4 Å². The summed E-state index contributed by atoms with van der Waals surface area (Å²) in [4.78, 5) is 21.2. The largest absolute Gasteiger partial charge is 0.462 e. The lowest BCUT2D eigenvalue weighted by Gasteiger charge is -2.70. The van der Waals surface area contributed by atoms with E-state index in [1.165, 1.54) is 11.1 Å². The van der Waals surface area contributed by atoms with Gasteiger partial charge in [-0.15, -0.1) is 0 Å². The molecular formula is C21H21N3O2. The van der Waals surface area contributed by atoms with Gasteiger partial charge in [0.25, 0.3) is 0 Å². The number of hydrogen-bond acceptors (Lipinski definition) is 4. The third kappa shape index (κ3) is 2.00. The predicted molar refractivity (Wildman–Crippen MR) is 97.3 cm³/mol. The van der Waals surface area contributed by atoms with Gasteiger partial charge in [-0.05, 0) is 67.9 Å². The first-order valence-corrected chi connectivity index (χ1v) is 9.14. The van der Waals surface area contributed by atoms with Gasteiger partial charge >= 0.3 is 5.97 Å². The van der Waals surface area contributed by atoms with Crippen LogP contribution in [0.5, 0.6) is 0 Å². The molecule has 2 aromatic heterocycles. The Bertz CT molecular complexity index is 984. The molecule has 1 aromatic carbocycles. The number of ether oxygens (including phenoxy) is 1. The van der Waals surface area contributed by atoms with Gasteiger partial charge < -0.3 is 4.74 Å². The second-order valence-corrected chi connectivity index (χ2v) is 7.79. The van der Waals surface area contributed by atoms with Crippen molar-refractivity contribution in [1.82, 2.24) is 14.4 Å². The Morgan fingerprint density at radius 1 is 1.27 bits per heavy atom. The number of aryl methyl sites for hydroxylation is 1. The van der Waals surface area contributed by atoms with Crippen LogP contribution in [0.4, 0.5) is 0 Å². The maximum absolute atomic E-state index is 12.1. The average molecular weight is 347 g/mol. The summed E-state index contributed by atoms with van der Waals surface area (Å²) < 4.78 is 7.16. The lowest BCUT2D eigenvalue weighted by molar-refractivity contribution is -0.0724. The van der Waals surface area contributed by atoms with Crippen molar-refractivity contribution in [1.29, 1.82) is 0 Å². The number of rotatable bonds is 4. The van der Waals surface area contributed by atoms with Crippen molar-refractivity contribution in [3.05, 3.63) is 65.2 Å². The van der Waals surface area contributed by atoms with Crippen LogP contribution in [0.25, 0.3) is 5.78 Å². The van der Waals surface area contributed by atoms with Crippen LogP contribution in [0.3, 0.4) is 0 Å². The van der Waals surface area contributed by atoms with Crippen LogP contribution in [0.15, 0.2) is 42.9 Å². The van der Waals surface area contributed by atoms with Crippen LogP contribution in [0, 0.1) is 6.92 Å². The van der Waals surface area contributed by atoms with E-state index in [1.807, 2.05) is 41.8 Å². The van der Waals surface area contributed by atoms with Gasteiger partial charge in [-0.25, -0.2) is 14.8 Å². The zero-order chi connectivity index (χ0) is 17.9. The molecule has 0 aliphatic heterocycles. The van der Waals surface area contributed by atoms with E-state index in [1.54, 1.807) is 6.20 Å². The molecule has 3 aromatic rings. The van der Waals surface area contributed by atoms with Gasteiger partial charge in [-0.1, -0.05) is 6.07 Å². The fourth-order valence-electron chi connectivity index (χ4n) is 4.97. The maximum atomic E-state index is 12.1. The van der Waals surface area contributed by atoms with Gasteiger partial charge in [0.05, 0.1) is 17.9 Å². The highest BCUT2D eigenvalue weighted by molar-refractivity contribution is 5.90. The van der Waals surface area contributed by atoms with E-state index in [2.05, 4.69) is 18.1 Å². The second kappa shape index (κ2) is 5.16. The number of carbonyl (C=O) groups is 1. The number of carbonyl (C=O) groups excluding carboxylic acids is 1. The third-order valence-corrected chi connectivity index (χ3v) is 6.13. The Hall–Kier alpha value is -2.69. The lowest BCUT2D eigenvalue weighted by Crippen LogP contribution is -2.67. The van der Waals surface area contributed by atoms with Crippen LogP contribution >= 0.6 is 0 Å². The monoisotopic (exact) mass is 347 g/mol. The normalized spacial score (nSPS) is 26.2. The minimum absolute atomic E-state index is 0.181. The molecule has 5 heteroatoms. The Morgan fingerprint density at radius 2 is 2.08 bits per heavy atom. The highest BCUT2D eigenvalue weighted by atomic mass is 16.5. The summed E-state index contributed by atoms with van der Waals surface area (Å²) in [6, 6.07) is 7.88. The van der Waals surface area contributed by atoms with E-state index >= 15 is 0 Å². The van der Waals surface area contributed by atoms with Crippen LogP contribution in [0.2, 0.25) is 0 Å². The van der Waals surface area contributed by atoms with Crippen LogP contribution in [-0.2, 0) is 15.6 Å². The molecule has 26 heavy (non-hydrogen) atoms. The van der Waals surface area contributed by atoms with Crippen LogP contribution < -0.4 is 0 Å². The highest BCUT2D eigenvalue weighted by Gasteiger charge is 2.70. The fourth-order valence-corrected chi connectivity index (χ4v) is 4.97. The predicted octanol–water partition coefficient (Wildman–Crippen LogP) is 3.59. The van der Waals surface area contributed by atoms with E-state index in [9.17, 15) is 4.79 Å². The van der Waals surface area contributed by atoms with Gasteiger partial charge in [0.15, 0.2) is 0 Å². The van der Waals surface area contributed by atoms with Crippen LogP contribution in [-0.4, -0.2) is 26.9 Å². The second-order valence-electron chi connectivity index (χ2n) is 7.79. The first kappa shape index (κ1) is 15.6. The summed E-state index contributed by atoms with van der Waals surface area (Å²) in [6.07, 6.45) is 9.17. The Labute approximate surface area is 152 Å². The molecule has 3 aliphatic carbocycles. The Morgan fingerprint density at radius 3 is 2.81 bits per heavy atom. The summed E-state index contributed by atoms with van der Waals surface area (Å²) in [6.45, 7) is 4.37. The molecule has 3 aliphatic rings. The number of imidazole rings is 1. The average Bonchev–Trinajstić information content (AvgIpc) is 2.98. The van der Waals surface area contributed by atoms with Crippen molar-refractivity contribution in [3.8, 4) is 0 Å². The molecule has 3 saturated carbocycles. The van der Waals surface area contributed by atoms with Gasteiger partial charge in [-0.2, -0.15) is 0 Å². The standard InChI is InChI=1S/C21H21N3O2/c1-3-26-18(25)15-6-5-14(2)16(9-15)20-11-21(12-20,13-20)17-10-24-8-4-7-22-19(24)23-17/h4-10H,3,11-13H2,1-2H3. The Balaban J connectivity index is 1.43. The minimum atomic E-state index is -0.235. The van der Waals surface area contributed by atoms with Crippen molar-refractivity contribution in [3.63, 3.8) is 0 Å². The molecule has 132 valence electrons. The summed E-state index contributed by atoms with van der Waals surface area (Å²) in [5.74, 6) is 0.531. The molecule has 3 fully saturated rings. The minimum Gasteiger partial charge on any atom is -0.462 e. The van der Waals surface area contributed by atoms with Crippen molar-refractivity contribution < 1.29 is 9.53 Å². The molecule has 0 saturated heterocycles. The van der Waals surface area contributed by atoms with E-state index in [0.29, 0.717) is 12.2 Å². The van der Waals surface area contributed by atoms with E-state index < -0.39 is 0 Å².